The summed E-state index contributed by atoms with van der Waals surface area (Å²) >= 11 is 3.44. The largest absolute Gasteiger partial charge is 0.339 e. The van der Waals surface area contributed by atoms with Gasteiger partial charge in [0.25, 0.3) is 5.91 Å². The highest BCUT2D eigenvalue weighted by Crippen LogP contribution is 2.42. The Morgan fingerprint density at radius 1 is 1.38 bits per heavy atom. The van der Waals surface area contributed by atoms with E-state index in [1.54, 1.807) is 11.9 Å². The average Bonchev–Trinajstić information content (AvgIpc) is 3.31. The molecule has 1 heterocycles. The Morgan fingerprint density at radius 3 is 2.62 bits per heavy atom. The molecule has 2 aromatic rings. The van der Waals surface area contributed by atoms with E-state index in [4.69, 9.17) is 0 Å². The standard InChI is InChI=1S/C16H20BrN5O.ClH/c1-18-9-10-21(2)16(23)14-15(11-3-4-11)22(20-19-14)13-7-5-12(17)6-8-13;/h5-8,11,18H,3-4,9-10H2,1-2H3;1H. The summed E-state index contributed by atoms with van der Waals surface area (Å²) in [4.78, 5) is 14.4. The number of hydrogen-bond donors (Lipinski definition) is 1. The average molecular weight is 415 g/mol. The molecular formula is C16H21BrClN5O. The van der Waals surface area contributed by atoms with E-state index in [1.807, 2.05) is 36.0 Å². The van der Waals surface area contributed by atoms with Crippen LogP contribution in [0.2, 0.25) is 0 Å². The van der Waals surface area contributed by atoms with Crippen LogP contribution in [0.4, 0.5) is 0 Å². The number of rotatable bonds is 6. The first kappa shape index (κ1) is 18.9. The Labute approximate surface area is 156 Å². The van der Waals surface area contributed by atoms with Crippen LogP contribution in [0.15, 0.2) is 28.7 Å². The van der Waals surface area contributed by atoms with Gasteiger partial charge in [-0.15, -0.1) is 17.5 Å². The topological polar surface area (TPSA) is 63.1 Å². The van der Waals surface area contributed by atoms with E-state index in [0.29, 0.717) is 18.2 Å². The molecule has 1 aliphatic rings. The molecule has 1 N–H and O–H groups in total. The highest BCUT2D eigenvalue weighted by atomic mass is 79.9. The second-order valence-corrected chi connectivity index (χ2v) is 6.73. The van der Waals surface area contributed by atoms with Crippen molar-refractivity contribution in [2.75, 3.05) is 27.2 Å². The third-order valence-electron chi connectivity index (χ3n) is 3.99. The molecule has 0 atom stereocenters. The highest BCUT2D eigenvalue weighted by Gasteiger charge is 2.35. The summed E-state index contributed by atoms with van der Waals surface area (Å²) in [6.07, 6.45) is 2.18. The summed E-state index contributed by atoms with van der Waals surface area (Å²) in [5, 5.41) is 11.5. The van der Waals surface area contributed by atoms with E-state index in [1.165, 1.54) is 0 Å². The molecule has 1 amide bonds. The fourth-order valence-corrected chi connectivity index (χ4v) is 2.76. The quantitative estimate of drug-likeness (QED) is 0.789. The molecule has 8 heteroatoms. The second kappa shape index (κ2) is 8.09. The van der Waals surface area contributed by atoms with Gasteiger partial charge in [-0.25, -0.2) is 4.68 Å². The lowest BCUT2D eigenvalue weighted by Gasteiger charge is -2.16. The molecule has 1 saturated carbocycles. The number of nitrogens with one attached hydrogen (secondary N) is 1. The van der Waals surface area contributed by atoms with Crippen molar-refractivity contribution in [3.63, 3.8) is 0 Å². The van der Waals surface area contributed by atoms with Gasteiger partial charge in [0.15, 0.2) is 5.69 Å². The van der Waals surface area contributed by atoms with Crippen LogP contribution >= 0.6 is 28.3 Å². The first-order chi connectivity index (χ1) is 11.1. The van der Waals surface area contributed by atoms with Gasteiger partial charge in [-0.1, -0.05) is 21.1 Å². The van der Waals surface area contributed by atoms with Crippen LogP contribution in [-0.4, -0.2) is 53.0 Å². The molecular weight excluding hydrogens is 394 g/mol. The second-order valence-electron chi connectivity index (χ2n) is 5.82. The molecule has 1 aromatic heterocycles. The summed E-state index contributed by atoms with van der Waals surface area (Å²) in [5.41, 5.74) is 2.35. The smallest absolute Gasteiger partial charge is 0.276 e. The van der Waals surface area contributed by atoms with Gasteiger partial charge in [-0.2, -0.15) is 0 Å². The van der Waals surface area contributed by atoms with Gasteiger partial charge in [0.05, 0.1) is 11.4 Å². The van der Waals surface area contributed by atoms with E-state index < -0.39 is 0 Å². The monoisotopic (exact) mass is 413 g/mol. The summed E-state index contributed by atoms with van der Waals surface area (Å²) < 4.78 is 2.82. The fraction of sp³-hybridized carbons (Fsp3) is 0.438. The molecule has 6 nitrogen and oxygen atoms in total. The Bertz CT molecular complexity index is 699. The first-order valence-corrected chi connectivity index (χ1v) is 8.52. The van der Waals surface area contributed by atoms with Crippen molar-refractivity contribution in [3.8, 4) is 5.69 Å². The predicted octanol–water partition coefficient (Wildman–Crippen LogP) is 2.62. The summed E-state index contributed by atoms with van der Waals surface area (Å²) in [6.45, 7) is 1.40. The summed E-state index contributed by atoms with van der Waals surface area (Å²) in [7, 11) is 3.67. The van der Waals surface area contributed by atoms with Gasteiger partial charge >= 0.3 is 0 Å². The van der Waals surface area contributed by atoms with Gasteiger partial charge in [0, 0.05) is 30.5 Å². The number of aromatic nitrogens is 3. The zero-order valence-electron chi connectivity index (χ0n) is 13.7. The minimum atomic E-state index is -0.0643. The number of carbonyl (C=O) groups excluding carboxylic acids is 1. The third kappa shape index (κ3) is 3.96. The van der Waals surface area contributed by atoms with Gasteiger partial charge in [0.1, 0.15) is 0 Å². The molecule has 0 aliphatic heterocycles. The molecule has 0 spiro atoms. The number of hydrogen-bond acceptors (Lipinski definition) is 4. The van der Waals surface area contributed by atoms with Crippen LogP contribution in [0.25, 0.3) is 5.69 Å². The molecule has 1 aromatic carbocycles. The Hall–Kier alpha value is -1.44. The number of amides is 1. The van der Waals surface area contributed by atoms with Gasteiger partial charge in [0.2, 0.25) is 0 Å². The van der Waals surface area contributed by atoms with Gasteiger partial charge in [-0.05, 0) is 44.2 Å². The van der Waals surface area contributed by atoms with Gasteiger partial charge in [-0.3, -0.25) is 4.79 Å². The van der Waals surface area contributed by atoms with Crippen molar-refractivity contribution in [2.24, 2.45) is 0 Å². The Balaban J connectivity index is 0.00000208. The molecule has 0 unspecified atom stereocenters. The zero-order chi connectivity index (χ0) is 16.4. The van der Waals surface area contributed by atoms with Crippen molar-refractivity contribution in [1.29, 1.82) is 0 Å². The lowest BCUT2D eigenvalue weighted by Crippen LogP contribution is -2.33. The first-order valence-electron chi connectivity index (χ1n) is 7.73. The molecule has 3 rings (SSSR count). The molecule has 0 saturated heterocycles. The van der Waals surface area contributed by atoms with Crippen LogP contribution in [0.5, 0.6) is 0 Å². The van der Waals surface area contributed by atoms with Crippen molar-refractivity contribution >= 4 is 34.2 Å². The van der Waals surface area contributed by atoms with Crippen molar-refractivity contribution < 1.29 is 4.79 Å². The molecule has 0 bridgehead atoms. The maximum absolute atomic E-state index is 12.7. The number of benzene rings is 1. The van der Waals surface area contributed by atoms with E-state index in [0.717, 1.165) is 35.2 Å². The highest BCUT2D eigenvalue weighted by molar-refractivity contribution is 9.10. The molecule has 1 fully saturated rings. The maximum atomic E-state index is 12.7. The molecule has 0 radical (unpaired) electrons. The molecule has 1 aliphatic carbocycles. The SMILES string of the molecule is CNCCN(C)C(=O)c1nnn(-c2ccc(Br)cc2)c1C1CC1.Cl. The molecule has 24 heavy (non-hydrogen) atoms. The minimum Gasteiger partial charge on any atom is -0.339 e. The van der Waals surface area contributed by atoms with E-state index in [-0.39, 0.29) is 18.3 Å². The van der Waals surface area contributed by atoms with Crippen LogP contribution in [0.1, 0.15) is 34.9 Å². The summed E-state index contributed by atoms with van der Waals surface area (Å²) in [5.74, 6) is 0.316. The van der Waals surface area contributed by atoms with Crippen LogP contribution < -0.4 is 5.32 Å². The predicted molar refractivity (Wildman–Crippen MR) is 99.2 cm³/mol. The lowest BCUT2D eigenvalue weighted by atomic mass is 10.2. The zero-order valence-corrected chi connectivity index (χ0v) is 16.1. The maximum Gasteiger partial charge on any atom is 0.276 e. The number of halogens is 2. The third-order valence-corrected chi connectivity index (χ3v) is 4.52. The Kier molecular flexibility index (Phi) is 6.37. The van der Waals surface area contributed by atoms with Crippen LogP contribution in [-0.2, 0) is 0 Å². The van der Waals surface area contributed by atoms with Crippen molar-refractivity contribution in [3.05, 3.63) is 40.1 Å². The molecule has 130 valence electrons. The van der Waals surface area contributed by atoms with E-state index >= 15 is 0 Å². The van der Waals surface area contributed by atoms with Crippen LogP contribution in [0, 0.1) is 0 Å². The minimum absolute atomic E-state index is 0. The van der Waals surface area contributed by atoms with Gasteiger partial charge < -0.3 is 10.2 Å². The summed E-state index contributed by atoms with van der Waals surface area (Å²) in [6, 6.07) is 7.88. The normalized spacial score (nSPS) is 13.5. The fourth-order valence-electron chi connectivity index (χ4n) is 2.50. The van der Waals surface area contributed by atoms with E-state index in [2.05, 4.69) is 31.6 Å². The van der Waals surface area contributed by atoms with Crippen molar-refractivity contribution in [1.82, 2.24) is 25.2 Å². The number of carbonyl (C=O) groups is 1. The number of nitrogens with zero attached hydrogens (tertiary/aromatic N) is 4. The lowest BCUT2D eigenvalue weighted by molar-refractivity contribution is 0.0790. The van der Waals surface area contributed by atoms with Crippen LogP contribution in [0.3, 0.4) is 0 Å². The van der Waals surface area contributed by atoms with E-state index in [9.17, 15) is 4.79 Å². The Morgan fingerprint density at radius 2 is 2.04 bits per heavy atom. The number of likely N-dealkylation sites (N-methyl/N-ethyl adjacent to an activating group) is 2. The van der Waals surface area contributed by atoms with Crippen molar-refractivity contribution in [2.45, 2.75) is 18.8 Å².